The highest BCUT2D eigenvalue weighted by atomic mass is 32.1. The molecule has 1 fully saturated rings. The van der Waals surface area contributed by atoms with Crippen LogP contribution in [0, 0.1) is 0 Å². The van der Waals surface area contributed by atoms with Gasteiger partial charge in [0.2, 0.25) is 0 Å². The summed E-state index contributed by atoms with van der Waals surface area (Å²) >= 11 is 4.98. The predicted molar refractivity (Wildman–Crippen MR) is 55.3 cm³/mol. The first kappa shape index (κ1) is 8.23. The van der Waals surface area contributed by atoms with Gasteiger partial charge in [0.25, 0.3) is 5.17 Å². The highest BCUT2D eigenvalue weighted by Gasteiger charge is 2.30. The van der Waals surface area contributed by atoms with Crippen LogP contribution in [-0.4, -0.2) is 15.0 Å². The molecule has 1 atom stereocenters. The van der Waals surface area contributed by atoms with E-state index in [1.54, 1.807) is 0 Å². The fourth-order valence-electron chi connectivity index (χ4n) is 1.67. The average molecular weight is 209 g/mol. The Bertz CT molecular complexity index is 397. The van der Waals surface area contributed by atoms with Crippen molar-refractivity contribution >= 4 is 17.4 Å². The molecule has 0 aromatic carbocycles. The van der Waals surface area contributed by atoms with Crippen LogP contribution in [0.1, 0.15) is 37.5 Å². The summed E-state index contributed by atoms with van der Waals surface area (Å²) in [5.74, 6) is 0.813. The molecule has 1 aliphatic carbocycles. The van der Waals surface area contributed by atoms with Gasteiger partial charge >= 0.3 is 0 Å². The van der Waals surface area contributed by atoms with Gasteiger partial charge in [-0.1, -0.05) is 0 Å². The van der Waals surface area contributed by atoms with Crippen LogP contribution in [0.5, 0.6) is 5.75 Å². The fraction of sp³-hybridized carbons (Fsp3) is 0.556. The lowest BCUT2D eigenvalue weighted by atomic mass is 10.2. The number of rotatable bonds is 1. The molecule has 1 aromatic rings. The van der Waals surface area contributed by atoms with Crippen LogP contribution >= 0.6 is 12.2 Å². The molecule has 1 saturated carbocycles. The third kappa shape index (κ3) is 1.19. The Morgan fingerprint density at radius 2 is 2.43 bits per heavy atom. The summed E-state index contributed by atoms with van der Waals surface area (Å²) in [4.78, 5) is 0. The number of ether oxygens (including phenoxy) is 1. The molecule has 74 valence electrons. The van der Waals surface area contributed by atoms with Gasteiger partial charge in [0.15, 0.2) is 5.75 Å². The maximum atomic E-state index is 5.40. The minimum absolute atomic E-state index is 0.159. The first-order valence-electron chi connectivity index (χ1n) is 4.81. The molecule has 1 aliphatic heterocycles. The van der Waals surface area contributed by atoms with E-state index < -0.39 is 0 Å². The molecular formula is C9H11N3OS. The molecule has 4 nitrogen and oxygen atoms in total. The molecule has 2 aliphatic rings. The van der Waals surface area contributed by atoms with Crippen molar-refractivity contribution in [3.8, 4) is 5.75 Å². The molecule has 3 rings (SSSR count). The summed E-state index contributed by atoms with van der Waals surface area (Å²) in [6.07, 6.45) is 4.41. The Kier molecular flexibility index (Phi) is 1.58. The van der Waals surface area contributed by atoms with Crippen LogP contribution in [0.2, 0.25) is 0 Å². The maximum Gasteiger partial charge on any atom is 0.262 e. The molecule has 0 saturated heterocycles. The Morgan fingerprint density at radius 3 is 3.14 bits per heavy atom. The monoisotopic (exact) mass is 209 g/mol. The maximum absolute atomic E-state index is 5.40. The number of thiocarbonyl (C=S) groups is 1. The van der Waals surface area contributed by atoms with Crippen LogP contribution in [0.25, 0.3) is 0 Å². The lowest BCUT2D eigenvalue weighted by molar-refractivity contribution is 0.463. The molecule has 0 radical (unpaired) electrons. The first-order chi connectivity index (χ1) is 6.74. The number of nitrogens with zero attached hydrogens (tertiary/aromatic N) is 2. The molecule has 0 amide bonds. The lowest BCUT2D eigenvalue weighted by Gasteiger charge is -2.20. The van der Waals surface area contributed by atoms with Crippen molar-refractivity contribution in [1.29, 1.82) is 0 Å². The summed E-state index contributed by atoms with van der Waals surface area (Å²) in [6, 6.07) is 0.747. The number of nitrogens with one attached hydrogen (secondary N) is 1. The van der Waals surface area contributed by atoms with E-state index in [0.717, 1.165) is 11.4 Å². The Hall–Kier alpha value is -1.10. The zero-order chi connectivity index (χ0) is 9.71. The highest BCUT2D eigenvalue weighted by molar-refractivity contribution is 7.80. The molecule has 2 heterocycles. The third-order valence-electron chi connectivity index (χ3n) is 2.59. The minimum atomic E-state index is 0.159. The van der Waals surface area contributed by atoms with Crippen molar-refractivity contribution in [3.05, 3.63) is 11.9 Å². The number of hydrogen-bond donors (Lipinski definition) is 1. The van der Waals surface area contributed by atoms with Crippen molar-refractivity contribution in [2.24, 2.45) is 0 Å². The molecule has 0 bridgehead atoms. The van der Waals surface area contributed by atoms with E-state index in [-0.39, 0.29) is 6.04 Å². The van der Waals surface area contributed by atoms with Gasteiger partial charge < -0.3 is 10.1 Å². The van der Waals surface area contributed by atoms with Crippen LogP contribution in [-0.2, 0) is 0 Å². The second kappa shape index (κ2) is 2.70. The van der Waals surface area contributed by atoms with Gasteiger partial charge in [-0.3, -0.25) is 4.68 Å². The molecule has 5 heteroatoms. The quantitative estimate of drug-likeness (QED) is 0.712. The average Bonchev–Trinajstić information content (AvgIpc) is 2.87. The van der Waals surface area contributed by atoms with E-state index in [1.165, 1.54) is 12.8 Å². The Morgan fingerprint density at radius 1 is 1.64 bits per heavy atom. The Labute approximate surface area is 87.2 Å². The summed E-state index contributed by atoms with van der Waals surface area (Å²) < 4.78 is 7.39. The van der Waals surface area contributed by atoms with Gasteiger partial charge in [0.05, 0.1) is 18.3 Å². The predicted octanol–water partition coefficient (Wildman–Crippen LogP) is 1.55. The summed E-state index contributed by atoms with van der Waals surface area (Å²) in [6.45, 7) is 2.04. The van der Waals surface area contributed by atoms with Crippen molar-refractivity contribution in [2.45, 2.75) is 31.8 Å². The zero-order valence-corrected chi connectivity index (χ0v) is 8.67. The first-order valence-corrected chi connectivity index (χ1v) is 5.22. The van der Waals surface area contributed by atoms with Gasteiger partial charge in [-0.15, -0.1) is 0 Å². The smallest absolute Gasteiger partial charge is 0.262 e. The fourth-order valence-corrected chi connectivity index (χ4v) is 1.93. The van der Waals surface area contributed by atoms with Crippen LogP contribution in [0.3, 0.4) is 0 Å². The summed E-state index contributed by atoms with van der Waals surface area (Å²) in [7, 11) is 0. The minimum Gasteiger partial charge on any atom is -0.428 e. The van der Waals surface area contributed by atoms with Gasteiger partial charge in [0.1, 0.15) is 5.69 Å². The SMILES string of the molecule is CC1NC(=S)Oc2cn(C3CC3)nc21. The van der Waals surface area contributed by atoms with Crippen molar-refractivity contribution in [3.63, 3.8) is 0 Å². The molecule has 14 heavy (non-hydrogen) atoms. The van der Waals surface area contributed by atoms with Gasteiger partial charge in [0, 0.05) is 0 Å². The highest BCUT2D eigenvalue weighted by Crippen LogP contribution is 2.37. The standard InChI is InChI=1S/C9H11N3OS/c1-5-8-7(13-9(14)10-5)4-12(11-8)6-2-3-6/h4-6H,2-3H2,1H3,(H,10,14). The van der Waals surface area contributed by atoms with E-state index >= 15 is 0 Å². The van der Waals surface area contributed by atoms with Crippen LogP contribution in [0.4, 0.5) is 0 Å². The van der Waals surface area contributed by atoms with Crippen LogP contribution in [0.15, 0.2) is 6.20 Å². The van der Waals surface area contributed by atoms with Crippen LogP contribution < -0.4 is 10.1 Å². The molecule has 1 N–H and O–H groups in total. The Balaban J connectivity index is 2.01. The van der Waals surface area contributed by atoms with E-state index in [1.807, 2.05) is 17.8 Å². The van der Waals surface area contributed by atoms with Crippen molar-refractivity contribution < 1.29 is 4.74 Å². The molecule has 0 spiro atoms. The zero-order valence-electron chi connectivity index (χ0n) is 7.86. The molecule has 1 unspecified atom stereocenters. The number of aromatic nitrogens is 2. The topological polar surface area (TPSA) is 39.1 Å². The second-order valence-electron chi connectivity index (χ2n) is 3.85. The van der Waals surface area contributed by atoms with Gasteiger partial charge in [-0.2, -0.15) is 5.10 Å². The second-order valence-corrected chi connectivity index (χ2v) is 4.22. The van der Waals surface area contributed by atoms with E-state index in [9.17, 15) is 0 Å². The number of hydrogen-bond acceptors (Lipinski definition) is 3. The summed E-state index contributed by atoms with van der Waals surface area (Å²) in [5, 5.41) is 7.98. The molecular weight excluding hydrogens is 198 g/mol. The number of fused-ring (bicyclic) bond motifs is 1. The van der Waals surface area contributed by atoms with Crippen molar-refractivity contribution in [2.75, 3.05) is 0 Å². The molecule has 1 aromatic heterocycles. The summed E-state index contributed by atoms with van der Waals surface area (Å²) in [5.41, 5.74) is 0.963. The van der Waals surface area contributed by atoms with E-state index in [4.69, 9.17) is 17.0 Å². The van der Waals surface area contributed by atoms with E-state index in [0.29, 0.717) is 11.2 Å². The lowest BCUT2D eigenvalue weighted by Crippen LogP contribution is -2.33. The largest absolute Gasteiger partial charge is 0.428 e. The van der Waals surface area contributed by atoms with Crippen molar-refractivity contribution in [1.82, 2.24) is 15.1 Å². The normalized spacial score (nSPS) is 25.2. The van der Waals surface area contributed by atoms with Gasteiger partial charge in [-0.25, -0.2) is 0 Å². The van der Waals surface area contributed by atoms with Gasteiger partial charge in [-0.05, 0) is 32.0 Å². The van der Waals surface area contributed by atoms with E-state index in [2.05, 4.69) is 10.4 Å². The third-order valence-corrected chi connectivity index (χ3v) is 2.79.